The molecule has 0 bridgehead atoms. The number of halogens is 1. The van der Waals surface area contributed by atoms with E-state index in [1.807, 2.05) is 30.0 Å². The van der Waals surface area contributed by atoms with Crippen LogP contribution < -0.4 is 4.74 Å². The first-order valence-electron chi connectivity index (χ1n) is 7.31. The minimum Gasteiger partial charge on any atom is -0.490 e. The van der Waals surface area contributed by atoms with E-state index in [1.54, 1.807) is 0 Å². The van der Waals surface area contributed by atoms with Gasteiger partial charge in [-0.2, -0.15) is 11.8 Å². The predicted octanol–water partition coefficient (Wildman–Crippen LogP) is 4.47. The zero-order valence-corrected chi connectivity index (χ0v) is 13.4. The van der Waals surface area contributed by atoms with Crippen LogP contribution in [0.25, 0.3) is 0 Å². The highest BCUT2D eigenvalue weighted by Crippen LogP contribution is 2.39. The van der Waals surface area contributed by atoms with Gasteiger partial charge in [-0.15, -0.1) is 0 Å². The van der Waals surface area contributed by atoms with E-state index in [4.69, 9.17) is 21.1 Å². The Morgan fingerprint density at radius 2 is 2.15 bits per heavy atom. The molecule has 0 aliphatic carbocycles. The summed E-state index contributed by atoms with van der Waals surface area (Å²) in [6.07, 6.45) is 4.56. The van der Waals surface area contributed by atoms with Crippen LogP contribution >= 0.6 is 23.4 Å². The fraction of sp³-hybridized carbons (Fsp3) is 0.625. The molecule has 1 aromatic carbocycles. The van der Waals surface area contributed by atoms with Crippen LogP contribution in [-0.2, 0) is 4.74 Å². The van der Waals surface area contributed by atoms with Crippen molar-refractivity contribution in [2.75, 3.05) is 18.1 Å². The summed E-state index contributed by atoms with van der Waals surface area (Å²) in [6.45, 7) is 2.88. The molecule has 0 aromatic heterocycles. The standard InChI is InChI=1S/C16H21ClO2S/c1-12-2-3-13(17)10-15(12)19-14-4-7-18-16(11-14)5-8-20-9-6-16/h2-3,10,14H,4-9,11H2,1H3. The van der Waals surface area contributed by atoms with Gasteiger partial charge in [0.15, 0.2) is 0 Å². The van der Waals surface area contributed by atoms with Gasteiger partial charge in [-0.25, -0.2) is 0 Å². The minimum atomic E-state index is 0.0701. The first-order valence-corrected chi connectivity index (χ1v) is 8.85. The molecular weight excluding hydrogens is 292 g/mol. The van der Waals surface area contributed by atoms with E-state index >= 15 is 0 Å². The molecule has 2 nitrogen and oxygen atoms in total. The summed E-state index contributed by atoms with van der Waals surface area (Å²) in [5, 5.41) is 0.737. The van der Waals surface area contributed by atoms with Gasteiger partial charge in [-0.05, 0) is 49.0 Å². The molecule has 0 N–H and O–H groups in total. The fourth-order valence-corrected chi connectivity index (χ4v) is 4.45. The van der Waals surface area contributed by atoms with Gasteiger partial charge in [-0.1, -0.05) is 17.7 Å². The molecule has 4 heteroatoms. The van der Waals surface area contributed by atoms with E-state index < -0.39 is 0 Å². The van der Waals surface area contributed by atoms with Gasteiger partial charge >= 0.3 is 0 Å². The van der Waals surface area contributed by atoms with Crippen LogP contribution in [0.4, 0.5) is 0 Å². The Kier molecular flexibility index (Phi) is 4.49. The smallest absolute Gasteiger partial charge is 0.124 e. The quantitative estimate of drug-likeness (QED) is 0.802. The van der Waals surface area contributed by atoms with E-state index in [2.05, 4.69) is 6.92 Å². The van der Waals surface area contributed by atoms with Crippen LogP contribution in [0.1, 0.15) is 31.2 Å². The maximum absolute atomic E-state index is 6.22. The Bertz CT molecular complexity index is 466. The summed E-state index contributed by atoms with van der Waals surface area (Å²) < 4.78 is 12.3. The monoisotopic (exact) mass is 312 g/mol. The third-order valence-corrected chi connectivity index (χ3v) is 5.52. The topological polar surface area (TPSA) is 18.5 Å². The van der Waals surface area contributed by atoms with Crippen molar-refractivity contribution in [1.29, 1.82) is 0 Å². The van der Waals surface area contributed by atoms with Crippen molar-refractivity contribution >= 4 is 23.4 Å². The molecule has 110 valence electrons. The van der Waals surface area contributed by atoms with Crippen LogP contribution in [0, 0.1) is 6.92 Å². The van der Waals surface area contributed by atoms with Crippen molar-refractivity contribution in [2.45, 2.75) is 44.3 Å². The van der Waals surface area contributed by atoms with Crippen LogP contribution in [0.15, 0.2) is 18.2 Å². The summed E-state index contributed by atoms with van der Waals surface area (Å²) in [4.78, 5) is 0. The third kappa shape index (κ3) is 3.26. The molecule has 2 saturated heterocycles. The van der Waals surface area contributed by atoms with Gasteiger partial charge in [0.25, 0.3) is 0 Å². The molecule has 2 fully saturated rings. The maximum atomic E-state index is 6.22. The van der Waals surface area contributed by atoms with Crippen LogP contribution in [0.3, 0.4) is 0 Å². The SMILES string of the molecule is Cc1ccc(Cl)cc1OC1CCOC2(CCSCC2)C1. The first-order chi connectivity index (χ1) is 9.67. The molecule has 2 aliphatic heterocycles. The van der Waals surface area contributed by atoms with Gasteiger partial charge in [-0.3, -0.25) is 0 Å². The number of rotatable bonds is 2. The normalized spacial score (nSPS) is 25.6. The summed E-state index contributed by atoms with van der Waals surface area (Å²) in [7, 11) is 0. The molecule has 0 radical (unpaired) electrons. The lowest BCUT2D eigenvalue weighted by atomic mass is 9.86. The molecule has 3 rings (SSSR count). The van der Waals surface area contributed by atoms with Crippen molar-refractivity contribution in [1.82, 2.24) is 0 Å². The molecule has 1 spiro atoms. The lowest BCUT2D eigenvalue weighted by Gasteiger charge is -2.43. The molecule has 2 heterocycles. The van der Waals surface area contributed by atoms with Gasteiger partial charge < -0.3 is 9.47 Å². The van der Waals surface area contributed by atoms with Crippen LogP contribution in [0.2, 0.25) is 5.02 Å². The summed E-state index contributed by atoms with van der Waals surface area (Å²) in [5.41, 5.74) is 1.22. The van der Waals surface area contributed by atoms with E-state index in [1.165, 1.54) is 11.5 Å². The van der Waals surface area contributed by atoms with Crippen molar-refractivity contribution in [3.05, 3.63) is 28.8 Å². The Morgan fingerprint density at radius 1 is 1.35 bits per heavy atom. The highest BCUT2D eigenvalue weighted by Gasteiger charge is 2.39. The van der Waals surface area contributed by atoms with E-state index in [-0.39, 0.29) is 11.7 Å². The zero-order valence-electron chi connectivity index (χ0n) is 11.9. The Balaban J connectivity index is 1.69. The number of ether oxygens (including phenoxy) is 2. The molecule has 20 heavy (non-hydrogen) atoms. The Hall–Kier alpha value is -0.380. The first kappa shape index (κ1) is 14.6. The highest BCUT2D eigenvalue weighted by molar-refractivity contribution is 7.99. The second-order valence-corrected chi connectivity index (χ2v) is 7.45. The number of benzene rings is 1. The van der Waals surface area contributed by atoms with E-state index in [0.29, 0.717) is 0 Å². The Labute approximate surface area is 130 Å². The lowest BCUT2D eigenvalue weighted by molar-refractivity contribution is -0.116. The third-order valence-electron chi connectivity index (χ3n) is 4.30. The van der Waals surface area contributed by atoms with Crippen molar-refractivity contribution < 1.29 is 9.47 Å². The molecule has 0 saturated carbocycles. The van der Waals surface area contributed by atoms with Crippen molar-refractivity contribution in [2.24, 2.45) is 0 Å². The zero-order chi connectivity index (χ0) is 14.0. The number of hydrogen-bond donors (Lipinski definition) is 0. The van der Waals surface area contributed by atoms with Gasteiger partial charge in [0, 0.05) is 17.9 Å². The lowest BCUT2D eigenvalue weighted by Crippen LogP contribution is -2.46. The van der Waals surface area contributed by atoms with Gasteiger partial charge in [0.1, 0.15) is 11.9 Å². The molecule has 0 amide bonds. The number of thioether (sulfide) groups is 1. The van der Waals surface area contributed by atoms with Gasteiger partial charge in [0.2, 0.25) is 0 Å². The summed E-state index contributed by atoms with van der Waals surface area (Å²) in [5.74, 6) is 3.34. The average Bonchev–Trinajstić information content (AvgIpc) is 2.44. The second-order valence-electron chi connectivity index (χ2n) is 5.79. The van der Waals surface area contributed by atoms with E-state index in [0.717, 1.165) is 48.6 Å². The maximum Gasteiger partial charge on any atom is 0.124 e. The minimum absolute atomic E-state index is 0.0701. The molecule has 1 unspecified atom stereocenters. The average molecular weight is 313 g/mol. The largest absolute Gasteiger partial charge is 0.490 e. The Morgan fingerprint density at radius 3 is 2.95 bits per heavy atom. The predicted molar refractivity (Wildman–Crippen MR) is 85.1 cm³/mol. The molecular formula is C16H21ClO2S. The van der Waals surface area contributed by atoms with Crippen molar-refractivity contribution in [3.63, 3.8) is 0 Å². The van der Waals surface area contributed by atoms with E-state index in [9.17, 15) is 0 Å². The molecule has 1 aromatic rings. The molecule has 2 aliphatic rings. The second kappa shape index (κ2) is 6.17. The highest BCUT2D eigenvalue weighted by atomic mass is 35.5. The molecule has 1 atom stereocenters. The fourth-order valence-electron chi connectivity index (χ4n) is 3.06. The van der Waals surface area contributed by atoms with Crippen molar-refractivity contribution in [3.8, 4) is 5.75 Å². The van der Waals surface area contributed by atoms with Crippen LogP contribution in [-0.4, -0.2) is 29.8 Å². The van der Waals surface area contributed by atoms with Crippen LogP contribution in [0.5, 0.6) is 5.75 Å². The number of aryl methyl sites for hydroxylation is 1. The summed E-state index contributed by atoms with van der Waals surface area (Å²) >= 11 is 8.10. The summed E-state index contributed by atoms with van der Waals surface area (Å²) in [6, 6.07) is 5.85. The van der Waals surface area contributed by atoms with Gasteiger partial charge in [0.05, 0.1) is 12.2 Å². The number of hydrogen-bond acceptors (Lipinski definition) is 3.